The molecule has 2 aliphatic rings. The van der Waals surface area contributed by atoms with Crippen LogP contribution in [-0.2, 0) is 12.8 Å². The summed E-state index contributed by atoms with van der Waals surface area (Å²) in [5.74, 6) is 1.01. The zero-order valence-corrected chi connectivity index (χ0v) is 14.8. The topological polar surface area (TPSA) is 12.0 Å². The van der Waals surface area contributed by atoms with E-state index < -0.39 is 0 Å². The molecule has 0 radical (unpaired) electrons. The van der Waals surface area contributed by atoms with E-state index in [0.717, 1.165) is 12.0 Å². The molecule has 1 N–H and O–H groups in total. The maximum Gasteiger partial charge on any atom is 0.0178 e. The Morgan fingerprint density at radius 1 is 1.05 bits per heavy atom. The molecule has 2 heteroatoms. The number of hydrogen-bond acceptors (Lipinski definition) is 1. The molecule has 2 aliphatic carbocycles. The maximum absolute atomic E-state index is 3.96. The normalized spacial score (nSPS) is 29.1. The molecular weight excluding hydrogens is 322 g/mol. The van der Waals surface area contributed by atoms with Crippen molar-refractivity contribution >= 4 is 15.9 Å². The minimum absolute atomic E-state index is 0.700. The summed E-state index contributed by atoms with van der Waals surface area (Å²) in [6.45, 7) is 2.32. The predicted octanol–water partition coefficient (Wildman–Crippen LogP) is 5.25. The molecule has 21 heavy (non-hydrogen) atoms. The molecular formula is C19H28BrN. The van der Waals surface area contributed by atoms with E-state index >= 15 is 0 Å². The van der Waals surface area contributed by atoms with Crippen LogP contribution in [0.4, 0.5) is 0 Å². The van der Waals surface area contributed by atoms with Crippen LogP contribution in [0.2, 0.25) is 0 Å². The molecule has 1 aromatic rings. The first-order chi connectivity index (χ1) is 10.2. The zero-order chi connectivity index (χ0) is 14.7. The second kappa shape index (κ2) is 7.28. The third kappa shape index (κ3) is 4.10. The van der Waals surface area contributed by atoms with Gasteiger partial charge in [-0.25, -0.2) is 0 Å². The van der Waals surface area contributed by atoms with Crippen LogP contribution in [0.5, 0.6) is 0 Å². The summed E-state index contributed by atoms with van der Waals surface area (Å²) >= 11 is 3.59. The van der Waals surface area contributed by atoms with Crippen molar-refractivity contribution in [3.63, 3.8) is 0 Å². The lowest BCUT2D eigenvalue weighted by molar-refractivity contribution is 0.256. The van der Waals surface area contributed by atoms with Crippen molar-refractivity contribution in [2.45, 2.75) is 76.8 Å². The molecule has 0 saturated heterocycles. The Labute approximate surface area is 138 Å². The summed E-state index contributed by atoms with van der Waals surface area (Å²) in [4.78, 5) is 0. The number of nitrogens with one attached hydrogen (secondary N) is 1. The van der Waals surface area contributed by atoms with Gasteiger partial charge in [0.1, 0.15) is 0 Å². The fraction of sp³-hybridized carbons (Fsp3) is 0.684. The molecule has 0 heterocycles. The van der Waals surface area contributed by atoms with Crippen molar-refractivity contribution in [2.75, 3.05) is 0 Å². The van der Waals surface area contributed by atoms with Gasteiger partial charge in [0.15, 0.2) is 0 Å². The van der Waals surface area contributed by atoms with Gasteiger partial charge < -0.3 is 5.32 Å². The van der Waals surface area contributed by atoms with E-state index in [1.54, 1.807) is 11.1 Å². The van der Waals surface area contributed by atoms with Crippen LogP contribution in [0.3, 0.4) is 0 Å². The summed E-state index contributed by atoms with van der Waals surface area (Å²) in [5, 5.41) is 3.96. The smallest absolute Gasteiger partial charge is 0.0178 e. The Bertz CT molecular complexity index is 463. The monoisotopic (exact) mass is 349 g/mol. The standard InChI is InChI=1S/C19H28BrN/c1-2-3-14-4-9-18(10-5-14)21-19-11-7-15-12-17(20)8-6-16(15)13-19/h6,8,12,14,18-19,21H,2-5,7,9-11,13H2,1H3. The Balaban J connectivity index is 1.50. The van der Waals surface area contributed by atoms with Crippen LogP contribution < -0.4 is 5.32 Å². The molecule has 1 fully saturated rings. The first-order valence-corrected chi connectivity index (χ1v) is 9.57. The Hall–Kier alpha value is -0.340. The van der Waals surface area contributed by atoms with E-state index in [0.29, 0.717) is 6.04 Å². The first-order valence-electron chi connectivity index (χ1n) is 8.78. The first kappa shape index (κ1) is 15.6. The fourth-order valence-corrected chi connectivity index (χ4v) is 4.63. The number of rotatable bonds is 4. The number of hydrogen-bond donors (Lipinski definition) is 1. The molecule has 116 valence electrons. The summed E-state index contributed by atoms with van der Waals surface area (Å²) < 4.78 is 1.22. The lowest BCUT2D eigenvalue weighted by Crippen LogP contribution is -2.43. The van der Waals surface area contributed by atoms with Crippen LogP contribution in [0.1, 0.15) is 63.0 Å². The Morgan fingerprint density at radius 3 is 2.62 bits per heavy atom. The van der Waals surface area contributed by atoms with Gasteiger partial charge in [-0.2, -0.15) is 0 Å². The summed E-state index contributed by atoms with van der Waals surface area (Å²) in [5.41, 5.74) is 3.11. The summed E-state index contributed by atoms with van der Waals surface area (Å²) in [6.07, 6.45) is 12.2. The van der Waals surface area contributed by atoms with E-state index in [4.69, 9.17) is 0 Å². The maximum atomic E-state index is 3.96. The number of fused-ring (bicyclic) bond motifs is 1. The number of benzene rings is 1. The molecule has 1 atom stereocenters. The van der Waals surface area contributed by atoms with Gasteiger partial charge in [0.05, 0.1) is 0 Å². The lowest BCUT2D eigenvalue weighted by Gasteiger charge is -2.34. The van der Waals surface area contributed by atoms with Crippen LogP contribution in [0.15, 0.2) is 22.7 Å². The van der Waals surface area contributed by atoms with E-state index in [2.05, 4.69) is 46.4 Å². The van der Waals surface area contributed by atoms with Gasteiger partial charge in [0.2, 0.25) is 0 Å². The molecule has 1 nitrogen and oxygen atoms in total. The average Bonchev–Trinajstić information content (AvgIpc) is 2.50. The van der Waals surface area contributed by atoms with Crippen LogP contribution in [0, 0.1) is 5.92 Å². The molecule has 0 amide bonds. The quantitative estimate of drug-likeness (QED) is 0.782. The van der Waals surface area contributed by atoms with Crippen molar-refractivity contribution in [3.05, 3.63) is 33.8 Å². The van der Waals surface area contributed by atoms with Crippen LogP contribution >= 0.6 is 15.9 Å². The van der Waals surface area contributed by atoms with Crippen molar-refractivity contribution in [1.29, 1.82) is 0 Å². The molecule has 0 aromatic heterocycles. The zero-order valence-electron chi connectivity index (χ0n) is 13.2. The molecule has 3 rings (SSSR count). The van der Waals surface area contributed by atoms with Gasteiger partial charge >= 0.3 is 0 Å². The van der Waals surface area contributed by atoms with E-state index in [-0.39, 0.29) is 0 Å². The fourth-order valence-electron chi connectivity index (χ4n) is 4.23. The summed E-state index contributed by atoms with van der Waals surface area (Å²) in [7, 11) is 0. The van der Waals surface area contributed by atoms with Gasteiger partial charge in [-0.1, -0.05) is 41.8 Å². The average molecular weight is 350 g/mol. The van der Waals surface area contributed by atoms with Crippen molar-refractivity contribution in [2.24, 2.45) is 5.92 Å². The third-order valence-electron chi connectivity index (χ3n) is 5.41. The molecule has 0 spiro atoms. The minimum atomic E-state index is 0.700. The van der Waals surface area contributed by atoms with Crippen molar-refractivity contribution < 1.29 is 0 Å². The highest BCUT2D eigenvalue weighted by Gasteiger charge is 2.25. The highest BCUT2D eigenvalue weighted by Crippen LogP contribution is 2.30. The molecule has 0 bridgehead atoms. The molecule has 1 saturated carbocycles. The SMILES string of the molecule is CCCC1CCC(NC2CCc3cc(Br)ccc3C2)CC1. The number of halogens is 1. The Kier molecular flexibility index (Phi) is 5.39. The third-order valence-corrected chi connectivity index (χ3v) is 5.91. The number of aryl methyl sites for hydroxylation is 1. The molecule has 1 unspecified atom stereocenters. The van der Waals surface area contributed by atoms with Crippen molar-refractivity contribution in [1.82, 2.24) is 5.32 Å². The predicted molar refractivity (Wildman–Crippen MR) is 93.7 cm³/mol. The lowest BCUT2D eigenvalue weighted by atomic mass is 9.82. The van der Waals surface area contributed by atoms with Gasteiger partial charge in [-0.15, -0.1) is 0 Å². The second-order valence-electron chi connectivity index (χ2n) is 7.03. The van der Waals surface area contributed by atoms with Gasteiger partial charge in [0, 0.05) is 16.6 Å². The molecule has 0 aliphatic heterocycles. The van der Waals surface area contributed by atoms with E-state index in [1.165, 1.54) is 62.3 Å². The van der Waals surface area contributed by atoms with Gasteiger partial charge in [0.25, 0.3) is 0 Å². The highest BCUT2D eigenvalue weighted by atomic mass is 79.9. The van der Waals surface area contributed by atoms with E-state index in [9.17, 15) is 0 Å². The van der Waals surface area contributed by atoms with Crippen LogP contribution in [0.25, 0.3) is 0 Å². The second-order valence-corrected chi connectivity index (χ2v) is 7.94. The van der Waals surface area contributed by atoms with Gasteiger partial charge in [-0.05, 0) is 74.1 Å². The summed E-state index contributed by atoms with van der Waals surface area (Å²) in [6, 6.07) is 8.29. The van der Waals surface area contributed by atoms with Crippen LogP contribution in [-0.4, -0.2) is 12.1 Å². The van der Waals surface area contributed by atoms with E-state index in [1.807, 2.05) is 0 Å². The molecule has 1 aromatic carbocycles. The highest BCUT2D eigenvalue weighted by molar-refractivity contribution is 9.10. The Morgan fingerprint density at radius 2 is 1.86 bits per heavy atom. The minimum Gasteiger partial charge on any atom is -0.311 e. The largest absolute Gasteiger partial charge is 0.311 e. The van der Waals surface area contributed by atoms with Gasteiger partial charge in [-0.3, -0.25) is 0 Å². The van der Waals surface area contributed by atoms with Crippen molar-refractivity contribution in [3.8, 4) is 0 Å².